The van der Waals surface area contributed by atoms with Crippen LogP contribution in [0.25, 0.3) is 32.9 Å². The third kappa shape index (κ3) is 12.9. The van der Waals surface area contributed by atoms with Gasteiger partial charge in [0.15, 0.2) is 12.6 Å². The van der Waals surface area contributed by atoms with Crippen LogP contribution in [0, 0.1) is 28.6 Å². The van der Waals surface area contributed by atoms with Gasteiger partial charge in [0.05, 0.1) is 24.1 Å². The van der Waals surface area contributed by atoms with Gasteiger partial charge in [-0.2, -0.15) is 9.97 Å². The number of piperidine rings is 2. The Hall–Kier alpha value is -6.92. The number of anilines is 2. The summed E-state index contributed by atoms with van der Waals surface area (Å²) < 4.78 is 42.4. The quantitative estimate of drug-likeness (QED) is 0.0379. The fraction of sp³-hybridized carbons (Fsp3) is 0.586. The van der Waals surface area contributed by atoms with Crippen molar-refractivity contribution in [2.45, 2.75) is 167 Å². The Bertz CT molecular complexity index is 3580. The number of pyridine rings is 1. The van der Waals surface area contributed by atoms with Crippen LogP contribution >= 0.6 is 0 Å². The summed E-state index contributed by atoms with van der Waals surface area (Å²) >= 11 is 0. The van der Waals surface area contributed by atoms with Gasteiger partial charge in [0.1, 0.15) is 42.5 Å². The van der Waals surface area contributed by atoms with Crippen molar-refractivity contribution in [3.05, 3.63) is 77.2 Å². The molecule has 2 unspecified atom stereocenters. The zero-order valence-corrected chi connectivity index (χ0v) is 55.5. The Labute approximate surface area is 530 Å². The van der Waals surface area contributed by atoms with E-state index < -0.39 is 25.5 Å². The normalized spacial score (nSPS) is 21.6. The van der Waals surface area contributed by atoms with Gasteiger partial charge in [-0.15, -0.1) is 5.54 Å². The number of benzene rings is 3. The number of rotatable bonds is 18. The lowest BCUT2D eigenvalue weighted by Crippen LogP contribution is -2.57. The van der Waals surface area contributed by atoms with Crippen LogP contribution in [-0.2, 0) is 25.6 Å². The maximum absolute atomic E-state index is 18.3. The van der Waals surface area contributed by atoms with E-state index in [2.05, 4.69) is 84.0 Å². The van der Waals surface area contributed by atoms with E-state index in [9.17, 15) is 19.2 Å². The van der Waals surface area contributed by atoms with Crippen LogP contribution in [0.15, 0.2) is 54.7 Å². The first-order valence-electron chi connectivity index (χ1n) is 33.1. The molecule has 1 aliphatic carbocycles. The number of carbonyl (C=O) groups excluding carboxylic acids is 4. The number of carbonyl (C=O) groups is 4. The Balaban J connectivity index is 0.740. The molecular weight excluding hydrogens is 1160 g/mol. The topological polar surface area (TPSA) is 175 Å². The number of methoxy groups -OCH3 is 1. The SMILES string of the molecule is COCOc1cc(-c2ncc3c(N4CC5CCC(C4)N5C(=O)OC(C)(C)C)nc(OCC4(CN5CCC(CCN6CCN(c7ccc8c(c7)CN([C@H]7CCC(=O)NC7=O)C8=O)CC6)CC5)CC4)nc3c2F)c2c(C#C[Si](C(C)C)(C(C)C)C(C)C)cccc2c1. The van der Waals surface area contributed by atoms with Crippen molar-refractivity contribution < 1.29 is 42.5 Å². The van der Waals surface area contributed by atoms with Crippen molar-refractivity contribution in [1.29, 1.82) is 0 Å². The lowest BCUT2D eigenvalue weighted by Gasteiger charge is -2.42. The number of halogens is 1. The van der Waals surface area contributed by atoms with Crippen molar-refractivity contribution in [2.24, 2.45) is 11.3 Å². The molecule has 2 aromatic heterocycles. The lowest BCUT2D eigenvalue weighted by molar-refractivity contribution is -0.136. The van der Waals surface area contributed by atoms with Crippen LogP contribution in [0.3, 0.4) is 0 Å². The highest BCUT2D eigenvalue weighted by molar-refractivity contribution is 6.90. The van der Waals surface area contributed by atoms with E-state index in [1.54, 1.807) is 18.2 Å². The summed E-state index contributed by atoms with van der Waals surface area (Å²) in [7, 11) is -0.592. The first kappa shape index (κ1) is 63.2. The van der Waals surface area contributed by atoms with Crippen molar-refractivity contribution in [3.63, 3.8) is 0 Å². The van der Waals surface area contributed by atoms with Crippen molar-refractivity contribution >= 4 is 65.1 Å². The van der Waals surface area contributed by atoms with Gasteiger partial charge in [-0.05, 0) is 162 Å². The average Bonchev–Trinajstić information content (AvgIpc) is 1.97. The first-order chi connectivity index (χ1) is 43.1. The minimum Gasteiger partial charge on any atom is -0.468 e. The van der Waals surface area contributed by atoms with E-state index in [-0.39, 0.29) is 71.7 Å². The molecule has 7 aliphatic rings. The number of fused-ring (bicyclic) bond motifs is 5. The standard InChI is InChI=1S/C70H91FN10O8Si/c1-44(2)90(45(3)4,46(5)6)33-23-48-12-11-13-49-35-54(88-43-86-10)36-56(60(48)49)62-61(71)63-57(37-72-62)64(79-39-52-14-15-53(40-79)81(52)68(85)89-69(7,8)9)75-67(74-63)87-42-70(24-25-70)41-77-27-21-47(22-28-77)20-26-76-29-31-78(32-30-76)51-16-17-55-50(34-51)38-80(66(55)84)58-18-19-59(82)73-65(58)83/h11-13,16-17,34-37,44-47,52-53,58H,14-15,18-22,24-32,38-43H2,1-10H3,(H,73,82,83)/t52?,53?,58-/m0/s1. The number of ether oxygens (including phenoxy) is 4. The minimum absolute atomic E-state index is 0.00832. The van der Waals surface area contributed by atoms with E-state index >= 15 is 4.39 Å². The van der Waals surface area contributed by atoms with Crippen molar-refractivity contribution in [1.82, 2.24) is 39.9 Å². The molecule has 20 heteroatoms. The van der Waals surface area contributed by atoms with Crippen LogP contribution in [0.5, 0.6) is 11.8 Å². The molecule has 90 heavy (non-hydrogen) atoms. The second-order valence-corrected chi connectivity index (χ2v) is 34.2. The van der Waals surface area contributed by atoms with Crippen LogP contribution in [-0.4, -0.2) is 176 Å². The highest BCUT2D eigenvalue weighted by Crippen LogP contribution is 2.48. The predicted molar refractivity (Wildman–Crippen MR) is 350 cm³/mol. The third-order valence-electron chi connectivity index (χ3n) is 20.7. The average molecular weight is 1250 g/mol. The number of hydrogen-bond acceptors (Lipinski definition) is 15. The van der Waals surface area contributed by atoms with Crippen LogP contribution in [0.1, 0.15) is 142 Å². The molecule has 5 saturated heterocycles. The van der Waals surface area contributed by atoms with Gasteiger partial charge in [-0.1, -0.05) is 59.6 Å². The monoisotopic (exact) mass is 1250 g/mol. The number of likely N-dealkylation sites (tertiary alicyclic amines) is 1. The summed E-state index contributed by atoms with van der Waals surface area (Å²) in [4.78, 5) is 79.7. The Morgan fingerprint density at radius 1 is 0.833 bits per heavy atom. The summed E-state index contributed by atoms with van der Waals surface area (Å²) in [6, 6.07) is 15.1. The van der Waals surface area contributed by atoms with Crippen molar-refractivity contribution in [2.75, 3.05) is 95.8 Å². The van der Waals surface area contributed by atoms with Gasteiger partial charge in [0, 0.05) is 105 Å². The molecule has 0 radical (unpaired) electrons. The number of piperazine rings is 2. The zero-order chi connectivity index (χ0) is 63.4. The van der Waals surface area contributed by atoms with Crippen molar-refractivity contribution in [3.8, 4) is 34.5 Å². The molecule has 2 bridgehead atoms. The second-order valence-electron chi connectivity index (χ2n) is 28.6. The molecule has 4 amide bonds. The van der Waals surface area contributed by atoms with Gasteiger partial charge in [-0.25, -0.2) is 9.18 Å². The number of nitrogens with one attached hydrogen (secondary N) is 1. The molecule has 480 valence electrons. The fourth-order valence-electron chi connectivity index (χ4n) is 15.7. The van der Waals surface area contributed by atoms with Gasteiger partial charge in [0.25, 0.3) is 5.91 Å². The maximum atomic E-state index is 18.3. The van der Waals surface area contributed by atoms with Crippen LogP contribution < -0.4 is 24.6 Å². The highest BCUT2D eigenvalue weighted by Gasteiger charge is 2.48. The molecule has 5 aromatic rings. The zero-order valence-electron chi connectivity index (χ0n) is 54.5. The molecule has 0 spiro atoms. The first-order valence-corrected chi connectivity index (χ1v) is 35.3. The van der Waals surface area contributed by atoms with Crippen LogP contribution in [0.2, 0.25) is 16.6 Å². The highest BCUT2D eigenvalue weighted by atomic mass is 28.3. The number of hydrogen-bond donors (Lipinski definition) is 1. The molecule has 1 saturated carbocycles. The number of nitrogens with zero attached hydrogens (tertiary/aromatic N) is 9. The minimum atomic E-state index is -2.16. The van der Waals surface area contributed by atoms with E-state index in [0.717, 1.165) is 118 Å². The summed E-state index contributed by atoms with van der Waals surface area (Å²) in [6.07, 6.45) is 9.13. The molecule has 1 N–H and O–H groups in total. The lowest BCUT2D eigenvalue weighted by atomic mass is 9.92. The summed E-state index contributed by atoms with van der Waals surface area (Å²) in [5, 5.41) is 4.49. The Kier molecular flexibility index (Phi) is 18.0. The Morgan fingerprint density at radius 3 is 2.22 bits per heavy atom. The van der Waals surface area contributed by atoms with Crippen LogP contribution in [0.4, 0.5) is 20.7 Å². The fourth-order valence-corrected chi connectivity index (χ4v) is 20.9. The van der Waals surface area contributed by atoms with E-state index in [1.807, 2.05) is 68.1 Å². The number of aromatic nitrogens is 3. The smallest absolute Gasteiger partial charge is 0.410 e. The molecule has 12 rings (SSSR count). The Morgan fingerprint density at radius 2 is 1.56 bits per heavy atom. The molecule has 3 aromatic carbocycles. The van der Waals surface area contributed by atoms with Gasteiger partial charge >= 0.3 is 12.1 Å². The number of imide groups is 1. The van der Waals surface area contributed by atoms with Gasteiger partial charge in [-0.3, -0.25) is 34.5 Å². The molecule has 3 atom stereocenters. The summed E-state index contributed by atoms with van der Waals surface area (Å²) in [6.45, 7) is 29.1. The molecule has 6 aliphatic heterocycles. The summed E-state index contributed by atoms with van der Waals surface area (Å²) in [5.74, 6) is 3.98. The van der Waals surface area contributed by atoms with E-state index in [0.29, 0.717) is 83.3 Å². The third-order valence-corrected chi connectivity index (χ3v) is 27.0. The number of amides is 4. The second kappa shape index (κ2) is 25.6. The maximum Gasteiger partial charge on any atom is 0.410 e. The van der Waals surface area contributed by atoms with Gasteiger partial charge < -0.3 is 38.5 Å². The summed E-state index contributed by atoms with van der Waals surface area (Å²) in [5.41, 5.74) is 8.73. The van der Waals surface area contributed by atoms with E-state index in [1.165, 1.54) is 6.42 Å². The molecule has 18 nitrogen and oxygen atoms in total. The molecule has 6 fully saturated rings. The molecule has 8 heterocycles. The molecular formula is C70H91FN10O8Si. The largest absolute Gasteiger partial charge is 0.468 e. The predicted octanol–water partition coefficient (Wildman–Crippen LogP) is 11.0. The van der Waals surface area contributed by atoms with E-state index in [4.69, 9.17) is 33.9 Å². The van der Waals surface area contributed by atoms with Gasteiger partial charge in [0.2, 0.25) is 11.8 Å².